The van der Waals surface area contributed by atoms with E-state index in [2.05, 4.69) is 10.3 Å². The van der Waals surface area contributed by atoms with Gasteiger partial charge in [0.2, 0.25) is 11.8 Å². The van der Waals surface area contributed by atoms with Gasteiger partial charge in [0.25, 0.3) is 5.91 Å². The highest BCUT2D eigenvalue weighted by atomic mass is 19.4. The molecule has 0 saturated carbocycles. The predicted molar refractivity (Wildman–Crippen MR) is 83.2 cm³/mol. The summed E-state index contributed by atoms with van der Waals surface area (Å²) in [6.45, 7) is 2.71. The molecule has 0 spiro atoms. The number of halogens is 3. The van der Waals surface area contributed by atoms with Crippen LogP contribution in [0.5, 0.6) is 5.88 Å². The standard InChI is InChI=1S/C16H20F3N3O3/c1-9-6-11(7-14(20-9)25-3)15(24)22-8-12(21-10(2)23)4-5-13(22)16(17,18)19/h6-7,12-13H,4-5,8H2,1-3H3,(H,21,23)/t12-,13-/m0/s1. The topological polar surface area (TPSA) is 71.5 Å². The van der Waals surface area contributed by atoms with Crippen LogP contribution in [0.1, 0.15) is 35.8 Å². The van der Waals surface area contributed by atoms with Crippen molar-refractivity contribution in [3.05, 3.63) is 23.4 Å². The molecule has 1 fully saturated rings. The Labute approximate surface area is 143 Å². The summed E-state index contributed by atoms with van der Waals surface area (Å²) in [6, 6.07) is 0.333. The van der Waals surface area contributed by atoms with Crippen LogP contribution >= 0.6 is 0 Å². The number of likely N-dealkylation sites (tertiary alicyclic amines) is 1. The lowest BCUT2D eigenvalue weighted by molar-refractivity contribution is -0.184. The van der Waals surface area contributed by atoms with Gasteiger partial charge in [0.1, 0.15) is 6.04 Å². The van der Waals surface area contributed by atoms with Crippen molar-refractivity contribution in [3.8, 4) is 5.88 Å². The minimum Gasteiger partial charge on any atom is -0.481 e. The molecule has 2 rings (SSSR count). The molecule has 6 nitrogen and oxygen atoms in total. The van der Waals surface area contributed by atoms with Gasteiger partial charge in [-0.15, -0.1) is 0 Å². The molecule has 1 aromatic rings. The smallest absolute Gasteiger partial charge is 0.408 e. The van der Waals surface area contributed by atoms with Crippen LogP contribution in [0.3, 0.4) is 0 Å². The molecule has 0 unspecified atom stereocenters. The van der Waals surface area contributed by atoms with Crippen molar-refractivity contribution in [2.45, 2.75) is 44.9 Å². The largest absolute Gasteiger partial charge is 0.481 e. The van der Waals surface area contributed by atoms with Crippen LogP contribution in [0, 0.1) is 6.92 Å². The third-order valence-corrected chi connectivity index (χ3v) is 4.01. The highest BCUT2D eigenvalue weighted by Crippen LogP contribution is 2.33. The lowest BCUT2D eigenvalue weighted by atomic mass is 9.96. The Balaban J connectivity index is 2.33. The van der Waals surface area contributed by atoms with Crippen molar-refractivity contribution in [3.63, 3.8) is 0 Å². The Hall–Kier alpha value is -2.32. The molecule has 1 aliphatic heterocycles. The van der Waals surface area contributed by atoms with Crippen molar-refractivity contribution in [1.29, 1.82) is 0 Å². The summed E-state index contributed by atoms with van der Waals surface area (Å²) < 4.78 is 45.1. The Morgan fingerprint density at radius 3 is 2.56 bits per heavy atom. The zero-order valence-electron chi connectivity index (χ0n) is 14.2. The van der Waals surface area contributed by atoms with Crippen molar-refractivity contribution in [2.24, 2.45) is 0 Å². The number of aryl methyl sites for hydroxylation is 1. The van der Waals surface area contributed by atoms with Crippen LogP contribution in [0.4, 0.5) is 13.2 Å². The van der Waals surface area contributed by atoms with E-state index in [1.165, 1.54) is 26.2 Å². The summed E-state index contributed by atoms with van der Waals surface area (Å²) in [5, 5.41) is 2.59. The molecule has 1 aromatic heterocycles. The number of aromatic nitrogens is 1. The highest BCUT2D eigenvalue weighted by molar-refractivity contribution is 5.95. The number of carbonyl (C=O) groups is 2. The maximum atomic E-state index is 13.4. The second-order valence-corrected chi connectivity index (χ2v) is 6.03. The molecule has 2 heterocycles. The molecule has 0 aromatic carbocycles. The summed E-state index contributed by atoms with van der Waals surface area (Å²) in [7, 11) is 1.36. The maximum Gasteiger partial charge on any atom is 0.408 e. The van der Waals surface area contributed by atoms with Crippen molar-refractivity contribution in [2.75, 3.05) is 13.7 Å². The van der Waals surface area contributed by atoms with Gasteiger partial charge in [-0.2, -0.15) is 13.2 Å². The first kappa shape index (κ1) is 19.0. The normalized spacial score (nSPS) is 21.0. The molecule has 9 heteroatoms. The van der Waals surface area contributed by atoms with Gasteiger partial charge in [0.15, 0.2) is 0 Å². The first-order chi connectivity index (χ1) is 11.6. The molecule has 1 saturated heterocycles. The van der Waals surface area contributed by atoms with Gasteiger partial charge in [-0.3, -0.25) is 9.59 Å². The fraction of sp³-hybridized carbons (Fsp3) is 0.562. The van der Waals surface area contributed by atoms with Gasteiger partial charge in [-0.1, -0.05) is 0 Å². The fourth-order valence-electron chi connectivity index (χ4n) is 2.97. The number of hydrogen-bond donors (Lipinski definition) is 1. The van der Waals surface area contributed by atoms with Gasteiger partial charge in [0, 0.05) is 36.8 Å². The molecule has 0 bridgehead atoms. The molecule has 138 valence electrons. The molecule has 25 heavy (non-hydrogen) atoms. The Morgan fingerprint density at radius 2 is 2.00 bits per heavy atom. The van der Waals surface area contributed by atoms with E-state index in [0.29, 0.717) is 5.69 Å². The maximum absolute atomic E-state index is 13.4. The quantitative estimate of drug-likeness (QED) is 0.897. The molecule has 0 radical (unpaired) electrons. The van der Waals surface area contributed by atoms with Crippen LogP contribution in [0.15, 0.2) is 12.1 Å². The van der Waals surface area contributed by atoms with Crippen LogP contribution < -0.4 is 10.1 Å². The fourth-order valence-corrected chi connectivity index (χ4v) is 2.97. The van der Waals surface area contributed by atoms with Crippen LogP contribution in [-0.4, -0.2) is 53.6 Å². The van der Waals surface area contributed by atoms with Crippen LogP contribution in [0.2, 0.25) is 0 Å². The van der Waals surface area contributed by atoms with E-state index in [1.807, 2.05) is 0 Å². The highest BCUT2D eigenvalue weighted by Gasteiger charge is 2.48. The summed E-state index contributed by atoms with van der Waals surface area (Å²) >= 11 is 0. The zero-order chi connectivity index (χ0) is 18.8. The van der Waals surface area contributed by atoms with Gasteiger partial charge in [0.05, 0.1) is 7.11 Å². The number of methoxy groups -OCH3 is 1. The van der Waals surface area contributed by atoms with Gasteiger partial charge >= 0.3 is 6.18 Å². The van der Waals surface area contributed by atoms with Crippen LogP contribution in [0.25, 0.3) is 0 Å². The summed E-state index contributed by atoms with van der Waals surface area (Å²) in [5.74, 6) is -0.951. The SMILES string of the molecule is COc1cc(C(=O)N2C[C@@H](NC(C)=O)CC[C@H]2C(F)(F)F)cc(C)n1. The third kappa shape index (κ3) is 4.61. The van der Waals surface area contributed by atoms with Crippen molar-refractivity contribution in [1.82, 2.24) is 15.2 Å². The van der Waals surface area contributed by atoms with E-state index in [1.54, 1.807) is 6.92 Å². The average molecular weight is 359 g/mol. The lowest BCUT2D eigenvalue weighted by Gasteiger charge is -2.40. The number of carbonyl (C=O) groups excluding carboxylic acids is 2. The van der Waals surface area contributed by atoms with Crippen molar-refractivity contribution < 1.29 is 27.5 Å². The minimum atomic E-state index is -4.54. The Morgan fingerprint density at radius 1 is 1.32 bits per heavy atom. The first-order valence-electron chi connectivity index (χ1n) is 7.79. The average Bonchev–Trinajstić information content (AvgIpc) is 2.51. The number of pyridine rings is 1. The van der Waals surface area contributed by atoms with E-state index in [0.717, 1.165) is 4.90 Å². The minimum absolute atomic E-state index is 0.0714. The monoisotopic (exact) mass is 359 g/mol. The molecular formula is C16H20F3N3O3. The number of rotatable bonds is 3. The molecule has 1 N–H and O–H groups in total. The second-order valence-electron chi connectivity index (χ2n) is 6.03. The molecule has 0 aliphatic carbocycles. The van der Waals surface area contributed by atoms with Gasteiger partial charge < -0.3 is 15.0 Å². The number of amides is 2. The van der Waals surface area contributed by atoms with E-state index in [9.17, 15) is 22.8 Å². The Bertz CT molecular complexity index is 664. The number of nitrogens with one attached hydrogen (secondary N) is 1. The molecule has 2 atom stereocenters. The second kappa shape index (κ2) is 7.28. The zero-order valence-corrected chi connectivity index (χ0v) is 14.2. The lowest BCUT2D eigenvalue weighted by Crippen LogP contribution is -2.58. The summed E-state index contributed by atoms with van der Waals surface area (Å²) in [6.07, 6.45) is -4.64. The molecular weight excluding hydrogens is 339 g/mol. The van der Waals surface area contributed by atoms with Gasteiger partial charge in [-0.25, -0.2) is 4.98 Å². The third-order valence-electron chi connectivity index (χ3n) is 4.01. The predicted octanol–water partition coefficient (Wildman–Crippen LogP) is 2.07. The van der Waals surface area contributed by atoms with Crippen molar-refractivity contribution >= 4 is 11.8 Å². The summed E-state index contributed by atoms with van der Waals surface area (Å²) in [4.78, 5) is 28.7. The number of nitrogens with zero attached hydrogens (tertiary/aromatic N) is 2. The van der Waals surface area contributed by atoms with E-state index < -0.39 is 24.2 Å². The Kier molecular flexibility index (Phi) is 5.54. The van der Waals surface area contributed by atoms with E-state index in [-0.39, 0.29) is 36.7 Å². The molecule has 2 amide bonds. The van der Waals surface area contributed by atoms with Gasteiger partial charge in [-0.05, 0) is 25.8 Å². The molecule has 1 aliphatic rings. The van der Waals surface area contributed by atoms with E-state index in [4.69, 9.17) is 4.74 Å². The number of alkyl halides is 3. The number of piperidine rings is 1. The first-order valence-corrected chi connectivity index (χ1v) is 7.79. The summed E-state index contributed by atoms with van der Waals surface area (Å²) in [5.41, 5.74) is 0.531. The van der Waals surface area contributed by atoms with Crippen LogP contribution in [-0.2, 0) is 4.79 Å². The number of hydrogen-bond acceptors (Lipinski definition) is 4. The number of ether oxygens (including phenoxy) is 1. The van der Waals surface area contributed by atoms with E-state index >= 15 is 0 Å².